The predicted octanol–water partition coefficient (Wildman–Crippen LogP) is 11.1. The van der Waals surface area contributed by atoms with Crippen LogP contribution in [0.25, 0.3) is 44.4 Å². The van der Waals surface area contributed by atoms with Crippen LogP contribution in [0.2, 0.25) is 0 Å². The number of hydrogen-bond acceptors (Lipinski definition) is 3. The van der Waals surface area contributed by atoms with E-state index in [4.69, 9.17) is 14.8 Å². The second-order valence-corrected chi connectivity index (χ2v) is 14.3. The number of aromatic nitrogens is 4. The molecule has 0 atom stereocenters. The van der Waals surface area contributed by atoms with Crippen molar-refractivity contribution < 1.29 is 25.8 Å². The molecule has 0 unspecified atom stereocenters. The quantitative estimate of drug-likeness (QED) is 0.157. The topological polar surface area (TPSA) is 44.9 Å². The minimum absolute atomic E-state index is 0. The Morgan fingerprint density at radius 2 is 1.53 bits per heavy atom. The molecule has 7 aromatic rings. The fourth-order valence-corrected chi connectivity index (χ4v) is 6.58. The van der Waals surface area contributed by atoms with Crippen LogP contribution in [0.4, 0.5) is 0 Å². The molecule has 0 aliphatic carbocycles. The van der Waals surface area contributed by atoms with Gasteiger partial charge in [0.2, 0.25) is 0 Å². The van der Waals surface area contributed by atoms with Crippen LogP contribution in [-0.2, 0) is 26.5 Å². The van der Waals surface area contributed by atoms with Gasteiger partial charge in [0, 0.05) is 35.0 Å². The van der Waals surface area contributed by atoms with Crippen molar-refractivity contribution in [2.24, 2.45) is 0 Å². The Morgan fingerprint density at radius 1 is 0.796 bits per heavy atom. The Balaban J connectivity index is 0.00000417. The molecule has 7 rings (SSSR count). The fraction of sp³-hybridized carbons (Fsp3) is 0.256. The maximum atomic E-state index is 6.61. The van der Waals surface area contributed by atoms with E-state index in [2.05, 4.69) is 146 Å². The first-order valence-electron chi connectivity index (χ1n) is 16.7. The molecule has 0 spiro atoms. The average Bonchev–Trinajstić information content (AvgIpc) is 3.67. The largest absolute Gasteiger partial charge is 2.00 e. The number of para-hydroxylation sites is 1. The number of pyridine rings is 1. The smallest absolute Gasteiger partial charge is 0.509 e. The van der Waals surface area contributed by atoms with Crippen molar-refractivity contribution in [2.75, 3.05) is 0 Å². The Kier molecular flexibility index (Phi) is 9.19. The van der Waals surface area contributed by atoms with Gasteiger partial charge in [-0.1, -0.05) is 64.4 Å². The van der Waals surface area contributed by atoms with Gasteiger partial charge in [-0.05, 0) is 102 Å². The maximum Gasteiger partial charge on any atom is 2.00 e. The van der Waals surface area contributed by atoms with Gasteiger partial charge >= 0.3 is 21.1 Å². The van der Waals surface area contributed by atoms with Gasteiger partial charge < -0.3 is 9.30 Å². The van der Waals surface area contributed by atoms with E-state index < -0.39 is 0 Å². The number of rotatable bonds is 6. The first-order valence-corrected chi connectivity index (χ1v) is 16.7. The number of ether oxygens (including phenoxy) is 1. The van der Waals surface area contributed by atoms with E-state index in [-0.39, 0.29) is 26.5 Å². The number of benzene rings is 4. The molecule has 0 radical (unpaired) electrons. The van der Waals surface area contributed by atoms with Crippen LogP contribution in [0.1, 0.15) is 73.9 Å². The molecule has 0 saturated heterocycles. The standard InChI is InChI=1S/C43H42N4O.Pt/c1-26(2)31-16-17-44-41(19-31)47-39-13-11-10-12-37(39)38-15-14-35(23-40(38)47)48-36-21-33(43(7,8)9)20-34(22-36)46-25-32(24-45-46)42-29(5)27(3)18-28(4)30(42)6;/h10-21,24-26H,1-9H3;/q-2;+2. The van der Waals surface area contributed by atoms with Gasteiger partial charge in [-0.15, -0.1) is 41.3 Å². The van der Waals surface area contributed by atoms with Gasteiger partial charge in [-0.3, -0.25) is 4.68 Å². The zero-order chi connectivity index (χ0) is 33.9. The molecule has 0 amide bonds. The number of fused-ring (bicyclic) bond motifs is 3. The third-order valence-electron chi connectivity index (χ3n) is 9.62. The van der Waals surface area contributed by atoms with E-state index >= 15 is 0 Å². The van der Waals surface area contributed by atoms with E-state index in [0.717, 1.165) is 44.4 Å². The summed E-state index contributed by atoms with van der Waals surface area (Å²) in [5.74, 6) is 2.49. The van der Waals surface area contributed by atoms with Crippen molar-refractivity contribution >= 4 is 21.8 Å². The molecular weight excluding hydrogens is 784 g/mol. The molecule has 0 fully saturated rings. The van der Waals surface area contributed by atoms with Gasteiger partial charge in [0.15, 0.2) is 0 Å². The molecule has 0 saturated carbocycles. The summed E-state index contributed by atoms with van der Waals surface area (Å²) in [7, 11) is 0. The maximum absolute atomic E-state index is 6.61. The van der Waals surface area contributed by atoms with E-state index in [1.807, 2.05) is 23.1 Å². The van der Waals surface area contributed by atoms with Crippen LogP contribution in [0.5, 0.6) is 11.5 Å². The van der Waals surface area contributed by atoms with Crippen LogP contribution in [-0.4, -0.2) is 19.3 Å². The molecule has 0 bridgehead atoms. The van der Waals surface area contributed by atoms with Crippen molar-refractivity contribution in [1.82, 2.24) is 19.3 Å². The van der Waals surface area contributed by atoms with Crippen LogP contribution in [0.3, 0.4) is 0 Å². The molecule has 0 N–H and O–H groups in total. The summed E-state index contributed by atoms with van der Waals surface area (Å²) in [6.07, 6.45) is 5.95. The Hall–Kier alpha value is -4.47. The van der Waals surface area contributed by atoms with Gasteiger partial charge in [0.05, 0.1) is 6.20 Å². The van der Waals surface area contributed by atoms with Crippen LogP contribution in [0, 0.1) is 39.8 Å². The fourth-order valence-electron chi connectivity index (χ4n) is 6.58. The summed E-state index contributed by atoms with van der Waals surface area (Å²) in [5.41, 5.74) is 12.6. The zero-order valence-corrected chi connectivity index (χ0v) is 31.9. The molecule has 5 nitrogen and oxygen atoms in total. The normalized spacial score (nSPS) is 11.8. The first kappa shape index (κ1) is 34.4. The summed E-state index contributed by atoms with van der Waals surface area (Å²) in [6, 6.07) is 30.4. The minimum atomic E-state index is -0.119. The third-order valence-corrected chi connectivity index (χ3v) is 9.62. The van der Waals surface area contributed by atoms with Gasteiger partial charge in [-0.2, -0.15) is 11.2 Å². The predicted molar refractivity (Wildman–Crippen MR) is 197 cm³/mol. The van der Waals surface area contributed by atoms with Crippen LogP contribution < -0.4 is 4.74 Å². The summed E-state index contributed by atoms with van der Waals surface area (Å²) in [5, 5.41) is 7.07. The summed E-state index contributed by atoms with van der Waals surface area (Å²) in [4.78, 5) is 4.79. The Bertz CT molecular complexity index is 2310. The van der Waals surface area contributed by atoms with Crippen LogP contribution in [0.15, 0.2) is 85.3 Å². The van der Waals surface area contributed by atoms with Crippen molar-refractivity contribution in [2.45, 2.75) is 73.6 Å². The molecule has 250 valence electrons. The molecular formula is C43H42N4OPt. The molecule has 0 aliphatic heterocycles. The van der Waals surface area contributed by atoms with Crippen molar-refractivity contribution in [3.63, 3.8) is 0 Å². The molecule has 0 aliphatic rings. The van der Waals surface area contributed by atoms with Crippen molar-refractivity contribution in [1.29, 1.82) is 0 Å². The number of nitrogens with zero attached hydrogens (tertiary/aromatic N) is 4. The SMILES string of the molecule is Cc1cc(C)c(C)c(-c2cnn(-c3[c-]c(Oc4[c-]c5c(cc4)c4ccccc4n5-c4cc(C(C)C)ccn4)cc(C(C)(C)C)c3)c2)c1C.[Pt+2]. The molecule has 6 heteroatoms. The number of aryl methyl sites for hydroxylation is 2. The minimum Gasteiger partial charge on any atom is -0.509 e. The average molecular weight is 826 g/mol. The van der Waals surface area contributed by atoms with Crippen molar-refractivity contribution in [3.05, 3.63) is 131 Å². The summed E-state index contributed by atoms with van der Waals surface area (Å²) in [6.45, 7) is 19.8. The van der Waals surface area contributed by atoms with Gasteiger partial charge in [0.1, 0.15) is 5.82 Å². The van der Waals surface area contributed by atoms with Crippen molar-refractivity contribution in [3.8, 4) is 34.1 Å². The third kappa shape index (κ3) is 6.37. The second kappa shape index (κ2) is 13.1. The zero-order valence-electron chi connectivity index (χ0n) is 29.7. The van der Waals surface area contributed by atoms with Gasteiger partial charge in [0.25, 0.3) is 0 Å². The number of hydrogen-bond donors (Lipinski definition) is 0. The molecule has 49 heavy (non-hydrogen) atoms. The Labute approximate surface area is 304 Å². The molecule has 3 heterocycles. The summed E-state index contributed by atoms with van der Waals surface area (Å²) < 4.78 is 10.7. The monoisotopic (exact) mass is 825 g/mol. The van der Waals surface area contributed by atoms with Crippen LogP contribution >= 0.6 is 0 Å². The summed E-state index contributed by atoms with van der Waals surface area (Å²) >= 11 is 0. The van der Waals surface area contributed by atoms with E-state index in [0.29, 0.717) is 17.4 Å². The molecule has 4 aromatic carbocycles. The Morgan fingerprint density at radius 3 is 2.24 bits per heavy atom. The van der Waals surface area contributed by atoms with Gasteiger partial charge in [-0.25, -0.2) is 4.98 Å². The van der Waals surface area contributed by atoms with E-state index in [9.17, 15) is 0 Å². The second-order valence-electron chi connectivity index (χ2n) is 14.3. The van der Waals surface area contributed by atoms with E-state index in [1.165, 1.54) is 33.4 Å². The van der Waals surface area contributed by atoms with E-state index in [1.54, 1.807) is 0 Å². The molecule has 3 aromatic heterocycles. The first-order chi connectivity index (χ1) is 22.9.